The minimum atomic E-state index is -3.85. The van der Waals surface area contributed by atoms with Crippen molar-refractivity contribution in [3.8, 4) is 0 Å². The van der Waals surface area contributed by atoms with Crippen molar-refractivity contribution in [2.24, 2.45) is 5.92 Å². The van der Waals surface area contributed by atoms with Gasteiger partial charge < -0.3 is 10.2 Å². The van der Waals surface area contributed by atoms with E-state index in [0.717, 1.165) is 16.1 Å². The summed E-state index contributed by atoms with van der Waals surface area (Å²) in [5.74, 6) is -0.722. The number of aryl methyl sites for hydroxylation is 1. The molecular weight excluding hydrogens is 533 g/mol. The van der Waals surface area contributed by atoms with Crippen LogP contribution in [0, 0.1) is 12.8 Å². The molecule has 11 heteroatoms. The first-order valence-corrected chi connectivity index (χ1v) is 13.9. The number of hydrogen-bond donors (Lipinski definition) is 1. The van der Waals surface area contributed by atoms with Gasteiger partial charge in [-0.3, -0.25) is 13.9 Å². The zero-order valence-electron chi connectivity index (χ0n) is 20.3. The molecular formula is C24H30Cl3N3O4S. The van der Waals surface area contributed by atoms with Crippen LogP contribution in [0.25, 0.3) is 0 Å². The van der Waals surface area contributed by atoms with Gasteiger partial charge in [0.15, 0.2) is 0 Å². The minimum Gasteiger partial charge on any atom is -0.354 e. The molecule has 0 aliphatic rings. The summed E-state index contributed by atoms with van der Waals surface area (Å²) in [6, 6.07) is 8.69. The van der Waals surface area contributed by atoms with E-state index in [4.69, 9.17) is 34.8 Å². The van der Waals surface area contributed by atoms with Crippen LogP contribution in [-0.2, 0) is 26.2 Å². The van der Waals surface area contributed by atoms with E-state index < -0.39 is 28.5 Å². The first kappa shape index (κ1) is 29.2. The SMILES string of the molecule is Cc1ccc(N(CC(=O)N(Cc2ccc(Cl)cc2Cl)[C@@H](C)C(=O)NCC(C)C)S(C)(=O)=O)cc1Cl. The Morgan fingerprint density at radius 3 is 2.20 bits per heavy atom. The molecule has 192 valence electrons. The van der Waals surface area contributed by atoms with Gasteiger partial charge in [-0.25, -0.2) is 8.42 Å². The Balaban J connectivity index is 2.42. The number of nitrogens with one attached hydrogen (secondary N) is 1. The molecule has 1 atom stereocenters. The third kappa shape index (κ3) is 8.27. The van der Waals surface area contributed by atoms with Crippen LogP contribution in [0.2, 0.25) is 15.1 Å². The largest absolute Gasteiger partial charge is 0.354 e. The van der Waals surface area contributed by atoms with Crippen molar-refractivity contribution >= 4 is 62.3 Å². The molecule has 35 heavy (non-hydrogen) atoms. The fourth-order valence-corrected chi connectivity index (χ4v) is 4.70. The molecule has 0 spiro atoms. The highest BCUT2D eigenvalue weighted by molar-refractivity contribution is 7.92. The number of benzene rings is 2. The molecule has 0 unspecified atom stereocenters. The first-order chi connectivity index (χ1) is 16.2. The van der Waals surface area contributed by atoms with Gasteiger partial charge >= 0.3 is 0 Å². The van der Waals surface area contributed by atoms with Crippen LogP contribution in [0.15, 0.2) is 36.4 Å². The second kappa shape index (κ2) is 12.3. The molecule has 7 nitrogen and oxygen atoms in total. The highest BCUT2D eigenvalue weighted by atomic mass is 35.5. The van der Waals surface area contributed by atoms with Crippen LogP contribution < -0.4 is 9.62 Å². The fraction of sp³-hybridized carbons (Fsp3) is 0.417. The Kier molecular flexibility index (Phi) is 10.3. The van der Waals surface area contributed by atoms with E-state index in [2.05, 4.69) is 5.32 Å². The van der Waals surface area contributed by atoms with Crippen molar-refractivity contribution in [2.75, 3.05) is 23.7 Å². The Bertz CT molecular complexity index is 1190. The van der Waals surface area contributed by atoms with E-state index in [1.807, 2.05) is 13.8 Å². The van der Waals surface area contributed by atoms with E-state index in [1.54, 1.807) is 44.2 Å². The standard InChI is InChI=1S/C24H30Cl3N3O4S/c1-15(2)12-28-24(32)17(4)29(13-18-7-8-19(25)10-22(18)27)23(31)14-30(35(5,33)34)20-9-6-16(3)21(26)11-20/h6-11,15,17H,12-14H2,1-5H3,(H,28,32)/t17-/m0/s1. The fourth-order valence-electron chi connectivity index (χ4n) is 3.22. The second-order valence-electron chi connectivity index (χ2n) is 8.78. The molecule has 1 N–H and O–H groups in total. The first-order valence-electron chi connectivity index (χ1n) is 11.0. The maximum absolute atomic E-state index is 13.5. The minimum absolute atomic E-state index is 0.0165. The second-order valence-corrected chi connectivity index (χ2v) is 11.9. The third-order valence-corrected chi connectivity index (χ3v) is 7.46. The van der Waals surface area contributed by atoms with Crippen molar-refractivity contribution in [2.45, 2.75) is 40.3 Å². The molecule has 0 saturated heterocycles. The number of carbonyl (C=O) groups excluding carboxylic acids is 2. The lowest BCUT2D eigenvalue weighted by Crippen LogP contribution is -2.51. The molecule has 2 amide bonds. The van der Waals surface area contributed by atoms with E-state index >= 15 is 0 Å². The van der Waals surface area contributed by atoms with Crippen LogP contribution in [0.4, 0.5) is 5.69 Å². The predicted octanol–water partition coefficient (Wildman–Crippen LogP) is 4.91. The molecule has 0 radical (unpaired) electrons. The maximum Gasteiger partial charge on any atom is 0.244 e. The van der Waals surface area contributed by atoms with Crippen LogP contribution in [0.3, 0.4) is 0 Å². The maximum atomic E-state index is 13.5. The number of hydrogen-bond acceptors (Lipinski definition) is 4. The number of nitrogens with zero attached hydrogens (tertiary/aromatic N) is 2. The van der Waals surface area contributed by atoms with Gasteiger partial charge in [-0.1, -0.05) is 60.8 Å². The van der Waals surface area contributed by atoms with Crippen LogP contribution in [0.1, 0.15) is 31.9 Å². The lowest BCUT2D eigenvalue weighted by molar-refractivity contribution is -0.139. The highest BCUT2D eigenvalue weighted by Crippen LogP contribution is 2.26. The lowest BCUT2D eigenvalue weighted by atomic mass is 10.1. The quantitative estimate of drug-likeness (QED) is 0.446. The number of sulfonamides is 1. The molecule has 2 aromatic rings. The summed E-state index contributed by atoms with van der Waals surface area (Å²) in [7, 11) is -3.85. The van der Waals surface area contributed by atoms with Crippen LogP contribution in [0.5, 0.6) is 0 Å². The van der Waals surface area contributed by atoms with Gasteiger partial charge in [0.2, 0.25) is 21.8 Å². The van der Waals surface area contributed by atoms with Gasteiger partial charge in [0, 0.05) is 28.2 Å². The lowest BCUT2D eigenvalue weighted by Gasteiger charge is -2.32. The molecule has 0 bridgehead atoms. The average molecular weight is 563 g/mol. The Morgan fingerprint density at radius 1 is 1.00 bits per heavy atom. The zero-order valence-corrected chi connectivity index (χ0v) is 23.4. The van der Waals surface area contributed by atoms with Gasteiger partial charge in [-0.15, -0.1) is 0 Å². The smallest absolute Gasteiger partial charge is 0.244 e. The highest BCUT2D eigenvalue weighted by Gasteiger charge is 2.30. The number of carbonyl (C=O) groups is 2. The summed E-state index contributed by atoms with van der Waals surface area (Å²) in [5.41, 5.74) is 1.58. The molecule has 2 aromatic carbocycles. The van der Waals surface area contributed by atoms with E-state index in [0.29, 0.717) is 27.2 Å². The molecule has 0 aliphatic carbocycles. The van der Waals surface area contributed by atoms with E-state index in [-0.39, 0.29) is 24.1 Å². The van der Waals surface area contributed by atoms with Crippen molar-refractivity contribution in [1.29, 1.82) is 0 Å². The summed E-state index contributed by atoms with van der Waals surface area (Å²) < 4.78 is 26.2. The molecule has 2 rings (SSSR count). The summed E-state index contributed by atoms with van der Waals surface area (Å²) in [6.07, 6.45) is 1.01. The summed E-state index contributed by atoms with van der Waals surface area (Å²) in [5, 5.41) is 3.95. The number of rotatable bonds is 10. The predicted molar refractivity (Wildman–Crippen MR) is 143 cm³/mol. The third-order valence-electron chi connectivity index (χ3n) is 5.33. The molecule has 0 aromatic heterocycles. The van der Waals surface area contributed by atoms with Crippen LogP contribution in [-0.4, -0.2) is 50.5 Å². The van der Waals surface area contributed by atoms with E-state index in [9.17, 15) is 18.0 Å². The van der Waals surface area contributed by atoms with Gasteiger partial charge in [0.05, 0.1) is 11.9 Å². The molecule has 0 heterocycles. The van der Waals surface area contributed by atoms with Crippen molar-refractivity contribution in [3.63, 3.8) is 0 Å². The number of amides is 2. The Labute approximate surface area is 222 Å². The molecule has 0 aliphatic heterocycles. The monoisotopic (exact) mass is 561 g/mol. The van der Waals surface area contributed by atoms with Crippen molar-refractivity contribution in [3.05, 3.63) is 62.6 Å². The zero-order chi connectivity index (χ0) is 26.5. The summed E-state index contributed by atoms with van der Waals surface area (Å²) in [6.45, 7) is 7.19. The van der Waals surface area contributed by atoms with Crippen LogP contribution >= 0.6 is 34.8 Å². The summed E-state index contributed by atoms with van der Waals surface area (Å²) in [4.78, 5) is 27.7. The molecule has 0 saturated carbocycles. The van der Waals surface area contributed by atoms with Gasteiger partial charge in [0.1, 0.15) is 12.6 Å². The number of anilines is 1. The van der Waals surface area contributed by atoms with E-state index in [1.165, 1.54) is 11.0 Å². The Morgan fingerprint density at radius 2 is 1.66 bits per heavy atom. The number of halogens is 3. The normalized spacial score (nSPS) is 12.4. The molecule has 0 fully saturated rings. The van der Waals surface area contributed by atoms with Gasteiger partial charge in [-0.2, -0.15) is 0 Å². The summed E-state index contributed by atoms with van der Waals surface area (Å²) >= 11 is 18.5. The average Bonchev–Trinajstić information content (AvgIpc) is 2.75. The topological polar surface area (TPSA) is 86.8 Å². The van der Waals surface area contributed by atoms with Crippen molar-refractivity contribution in [1.82, 2.24) is 10.2 Å². The van der Waals surface area contributed by atoms with Crippen molar-refractivity contribution < 1.29 is 18.0 Å². The van der Waals surface area contributed by atoms with Gasteiger partial charge in [-0.05, 0) is 55.2 Å². The Hall–Kier alpha value is -2.00. The van der Waals surface area contributed by atoms with Gasteiger partial charge in [0.25, 0.3) is 0 Å².